The van der Waals surface area contributed by atoms with Gasteiger partial charge in [0.05, 0.1) is 12.9 Å². The fraction of sp³-hybridized carbons (Fsp3) is 0.211. The van der Waals surface area contributed by atoms with Gasteiger partial charge in [-0.15, -0.1) is 10.2 Å². The molecule has 27 heavy (non-hydrogen) atoms. The van der Waals surface area contributed by atoms with E-state index >= 15 is 0 Å². The molecule has 2 aromatic carbocycles. The molecule has 0 unspecified atom stereocenters. The number of ketones is 1. The van der Waals surface area contributed by atoms with Crippen LogP contribution in [0.1, 0.15) is 21.8 Å². The number of methoxy groups -OCH3 is 1. The fourth-order valence-electron chi connectivity index (χ4n) is 2.26. The first-order chi connectivity index (χ1) is 13.0. The van der Waals surface area contributed by atoms with Crippen molar-refractivity contribution in [2.75, 3.05) is 12.9 Å². The average Bonchev–Trinajstić information content (AvgIpc) is 3.13. The van der Waals surface area contributed by atoms with Crippen LogP contribution in [0.15, 0.2) is 52.1 Å². The SMILES string of the molecule is COc1ccc(C(=O)CSc2nnc(COc3ccc(Cl)cc3C)o2)cc1. The predicted molar refractivity (Wildman–Crippen MR) is 103 cm³/mol. The highest BCUT2D eigenvalue weighted by Gasteiger charge is 2.12. The molecule has 0 fully saturated rings. The van der Waals surface area contributed by atoms with Crippen molar-refractivity contribution in [2.45, 2.75) is 18.8 Å². The van der Waals surface area contributed by atoms with Crippen molar-refractivity contribution in [3.63, 3.8) is 0 Å². The number of Topliss-reactive ketones (excluding diaryl/α,β-unsaturated/α-hetero) is 1. The molecule has 3 rings (SSSR count). The highest BCUT2D eigenvalue weighted by atomic mass is 35.5. The van der Waals surface area contributed by atoms with Gasteiger partial charge in [0.25, 0.3) is 11.1 Å². The second kappa shape index (κ2) is 8.92. The first-order valence-corrected chi connectivity index (χ1v) is 9.43. The molecule has 140 valence electrons. The van der Waals surface area contributed by atoms with Crippen LogP contribution in [0.2, 0.25) is 5.02 Å². The molecule has 8 heteroatoms. The summed E-state index contributed by atoms with van der Waals surface area (Å²) in [6, 6.07) is 12.3. The molecule has 1 heterocycles. The molecular formula is C19H17ClN2O4S. The zero-order chi connectivity index (χ0) is 19.2. The van der Waals surface area contributed by atoms with Crippen molar-refractivity contribution < 1.29 is 18.7 Å². The predicted octanol–water partition coefficient (Wildman–Crippen LogP) is 4.59. The van der Waals surface area contributed by atoms with Crippen molar-refractivity contribution in [1.82, 2.24) is 10.2 Å². The van der Waals surface area contributed by atoms with E-state index in [1.165, 1.54) is 11.8 Å². The highest BCUT2D eigenvalue weighted by molar-refractivity contribution is 7.99. The summed E-state index contributed by atoms with van der Waals surface area (Å²) in [5.74, 6) is 1.91. The molecule has 0 atom stereocenters. The van der Waals surface area contributed by atoms with Crippen LogP contribution in [0.3, 0.4) is 0 Å². The maximum absolute atomic E-state index is 12.2. The number of nitrogens with zero attached hydrogens (tertiary/aromatic N) is 2. The normalized spacial score (nSPS) is 10.6. The van der Waals surface area contributed by atoms with E-state index < -0.39 is 0 Å². The van der Waals surface area contributed by atoms with E-state index in [4.69, 9.17) is 25.5 Å². The Hall–Kier alpha value is -2.51. The highest BCUT2D eigenvalue weighted by Crippen LogP contribution is 2.23. The summed E-state index contributed by atoms with van der Waals surface area (Å²) in [7, 11) is 1.58. The number of carbonyl (C=O) groups excluding carboxylic acids is 1. The number of aromatic nitrogens is 2. The van der Waals surface area contributed by atoms with Crippen molar-refractivity contribution in [3.8, 4) is 11.5 Å². The summed E-state index contributed by atoms with van der Waals surface area (Å²) in [5, 5.41) is 8.84. The van der Waals surface area contributed by atoms with Gasteiger partial charge in [-0.3, -0.25) is 4.79 Å². The molecule has 0 saturated heterocycles. The lowest BCUT2D eigenvalue weighted by molar-refractivity contribution is 0.102. The third-order valence-electron chi connectivity index (χ3n) is 3.68. The Bertz CT molecular complexity index is 928. The molecule has 0 N–H and O–H groups in total. The summed E-state index contributed by atoms with van der Waals surface area (Å²) < 4.78 is 16.3. The first-order valence-electron chi connectivity index (χ1n) is 8.06. The van der Waals surface area contributed by atoms with E-state index in [0.717, 1.165) is 5.56 Å². The van der Waals surface area contributed by atoms with Gasteiger partial charge in [-0.1, -0.05) is 23.4 Å². The Morgan fingerprint density at radius 3 is 2.67 bits per heavy atom. The Morgan fingerprint density at radius 1 is 1.19 bits per heavy atom. The Kier molecular flexibility index (Phi) is 6.36. The van der Waals surface area contributed by atoms with Gasteiger partial charge in [0.2, 0.25) is 0 Å². The Morgan fingerprint density at radius 2 is 1.96 bits per heavy atom. The van der Waals surface area contributed by atoms with Crippen LogP contribution in [0.5, 0.6) is 11.5 Å². The van der Waals surface area contributed by atoms with E-state index in [0.29, 0.717) is 33.2 Å². The topological polar surface area (TPSA) is 74.5 Å². The van der Waals surface area contributed by atoms with Crippen LogP contribution >= 0.6 is 23.4 Å². The second-order valence-electron chi connectivity index (χ2n) is 5.60. The van der Waals surface area contributed by atoms with E-state index in [2.05, 4.69) is 10.2 Å². The van der Waals surface area contributed by atoms with Gasteiger partial charge in [-0.25, -0.2) is 0 Å². The lowest BCUT2D eigenvalue weighted by Gasteiger charge is -2.06. The minimum absolute atomic E-state index is 0.0320. The standard InChI is InChI=1S/C19H17ClN2O4S/c1-12-9-14(20)5-8-17(12)25-10-18-21-22-19(26-18)27-11-16(23)13-3-6-15(24-2)7-4-13/h3-9H,10-11H2,1-2H3. The summed E-state index contributed by atoms with van der Waals surface area (Å²) in [4.78, 5) is 12.2. The molecule has 1 aromatic heterocycles. The van der Waals surface area contributed by atoms with E-state index in [9.17, 15) is 4.79 Å². The van der Waals surface area contributed by atoms with E-state index in [1.807, 2.05) is 13.0 Å². The summed E-state index contributed by atoms with van der Waals surface area (Å²) >= 11 is 7.11. The lowest BCUT2D eigenvalue weighted by atomic mass is 10.1. The van der Waals surface area contributed by atoms with E-state index in [1.54, 1.807) is 43.5 Å². The molecule has 0 aliphatic carbocycles. The van der Waals surface area contributed by atoms with Gasteiger partial charge < -0.3 is 13.9 Å². The van der Waals surface area contributed by atoms with Crippen LogP contribution in [0, 0.1) is 6.92 Å². The number of hydrogen-bond donors (Lipinski definition) is 0. The smallest absolute Gasteiger partial charge is 0.277 e. The summed E-state index contributed by atoms with van der Waals surface area (Å²) in [5.41, 5.74) is 1.52. The Balaban J connectivity index is 1.52. The maximum atomic E-state index is 12.2. The van der Waals surface area contributed by atoms with Gasteiger partial charge in [0, 0.05) is 10.6 Å². The molecule has 0 aliphatic heterocycles. The largest absolute Gasteiger partial charge is 0.497 e. The van der Waals surface area contributed by atoms with Gasteiger partial charge in [0.1, 0.15) is 11.5 Å². The van der Waals surface area contributed by atoms with Crippen LogP contribution in [-0.2, 0) is 6.61 Å². The van der Waals surface area contributed by atoms with Gasteiger partial charge in [-0.2, -0.15) is 0 Å². The number of hydrogen-bond acceptors (Lipinski definition) is 7. The number of carbonyl (C=O) groups is 1. The number of halogens is 1. The van der Waals surface area contributed by atoms with Crippen molar-refractivity contribution in [3.05, 3.63) is 64.5 Å². The summed E-state index contributed by atoms with van der Waals surface area (Å²) in [6.07, 6.45) is 0. The van der Waals surface area contributed by atoms with Crippen LogP contribution in [0.25, 0.3) is 0 Å². The molecule has 0 bridgehead atoms. The zero-order valence-electron chi connectivity index (χ0n) is 14.8. The minimum Gasteiger partial charge on any atom is -0.497 e. The minimum atomic E-state index is -0.0320. The van der Waals surface area contributed by atoms with Gasteiger partial charge in [0.15, 0.2) is 12.4 Å². The van der Waals surface area contributed by atoms with E-state index in [-0.39, 0.29) is 18.1 Å². The number of rotatable bonds is 8. The zero-order valence-corrected chi connectivity index (χ0v) is 16.3. The van der Waals surface area contributed by atoms with Gasteiger partial charge in [-0.05, 0) is 55.0 Å². The molecule has 0 aliphatic rings. The van der Waals surface area contributed by atoms with Crippen LogP contribution in [-0.4, -0.2) is 28.8 Å². The monoisotopic (exact) mass is 404 g/mol. The molecule has 3 aromatic rings. The molecule has 0 radical (unpaired) electrons. The molecule has 0 spiro atoms. The van der Waals surface area contributed by atoms with Crippen LogP contribution < -0.4 is 9.47 Å². The number of ether oxygens (including phenoxy) is 2. The second-order valence-corrected chi connectivity index (χ2v) is 6.96. The average molecular weight is 405 g/mol. The maximum Gasteiger partial charge on any atom is 0.277 e. The van der Waals surface area contributed by atoms with Crippen LogP contribution in [0.4, 0.5) is 0 Å². The molecule has 6 nitrogen and oxygen atoms in total. The van der Waals surface area contributed by atoms with Gasteiger partial charge >= 0.3 is 0 Å². The quantitative estimate of drug-likeness (QED) is 0.401. The fourth-order valence-corrected chi connectivity index (χ4v) is 3.16. The number of benzene rings is 2. The third kappa shape index (κ3) is 5.24. The number of aryl methyl sites for hydroxylation is 1. The first kappa shape index (κ1) is 19.3. The number of thioether (sulfide) groups is 1. The Labute approximate surface area is 165 Å². The lowest BCUT2D eigenvalue weighted by Crippen LogP contribution is -2.02. The molecule has 0 amide bonds. The molecular weight excluding hydrogens is 388 g/mol. The third-order valence-corrected chi connectivity index (χ3v) is 4.73. The molecule has 0 saturated carbocycles. The van der Waals surface area contributed by atoms with Crippen molar-refractivity contribution in [1.29, 1.82) is 0 Å². The summed E-state index contributed by atoms with van der Waals surface area (Å²) in [6.45, 7) is 2.05. The van der Waals surface area contributed by atoms with Crippen molar-refractivity contribution in [2.24, 2.45) is 0 Å². The van der Waals surface area contributed by atoms with Crippen molar-refractivity contribution >= 4 is 29.1 Å².